The molecule has 7 heteroatoms. The molecule has 0 amide bonds. The van der Waals surface area contributed by atoms with Gasteiger partial charge in [-0.2, -0.15) is 5.26 Å². The second-order valence-corrected chi connectivity index (χ2v) is 7.07. The average molecular weight is 317 g/mol. The molecule has 0 bridgehead atoms. The Balaban J connectivity index is 2.52. The first-order chi connectivity index (χ1) is 10.3. The van der Waals surface area contributed by atoms with E-state index in [-0.39, 0.29) is 16.0 Å². The Hall–Kier alpha value is -2.43. The van der Waals surface area contributed by atoms with E-state index in [0.29, 0.717) is 11.3 Å². The van der Waals surface area contributed by atoms with Gasteiger partial charge in [-0.15, -0.1) is 0 Å². The zero-order chi connectivity index (χ0) is 16.5. The minimum atomic E-state index is -3.48. The van der Waals surface area contributed by atoms with Gasteiger partial charge in [-0.1, -0.05) is 12.1 Å². The van der Waals surface area contributed by atoms with E-state index in [1.165, 1.54) is 36.9 Å². The number of hydrogen-bond donors (Lipinski definition) is 0. The van der Waals surface area contributed by atoms with Gasteiger partial charge in [0, 0.05) is 21.1 Å². The molecule has 0 unspecified atom stereocenters. The van der Waals surface area contributed by atoms with Gasteiger partial charge in [-0.25, -0.2) is 12.7 Å². The third-order valence-corrected chi connectivity index (χ3v) is 5.18. The van der Waals surface area contributed by atoms with Crippen LogP contribution in [0.15, 0.2) is 46.1 Å². The van der Waals surface area contributed by atoms with Crippen LogP contribution in [0.25, 0.3) is 11.3 Å². The van der Waals surface area contributed by atoms with Crippen LogP contribution in [-0.2, 0) is 17.1 Å². The highest BCUT2D eigenvalue weighted by Crippen LogP contribution is 2.21. The van der Waals surface area contributed by atoms with Gasteiger partial charge in [0.2, 0.25) is 10.0 Å². The lowest BCUT2D eigenvalue weighted by Gasteiger charge is -2.12. The standard InChI is InChI=1S/C15H15N3O3S/c1-17(2)22(20,21)13-7-4-11(5-8-13)14-9-6-12(10-16)15(19)18(14)3/h4-9H,1-3H3. The van der Waals surface area contributed by atoms with Crippen LogP contribution >= 0.6 is 0 Å². The van der Waals surface area contributed by atoms with Crippen LogP contribution < -0.4 is 5.56 Å². The van der Waals surface area contributed by atoms with Gasteiger partial charge in [0.15, 0.2) is 0 Å². The number of benzene rings is 1. The van der Waals surface area contributed by atoms with Crippen molar-refractivity contribution >= 4 is 10.0 Å². The van der Waals surface area contributed by atoms with Crippen LogP contribution in [-0.4, -0.2) is 31.4 Å². The molecule has 0 saturated carbocycles. The van der Waals surface area contributed by atoms with E-state index < -0.39 is 10.0 Å². The fourth-order valence-corrected chi connectivity index (χ4v) is 2.92. The highest BCUT2D eigenvalue weighted by atomic mass is 32.2. The number of rotatable bonds is 3. The molecule has 2 aromatic rings. The summed E-state index contributed by atoms with van der Waals surface area (Å²) in [5.74, 6) is 0. The molecule has 0 aliphatic rings. The molecule has 114 valence electrons. The predicted molar refractivity (Wildman–Crippen MR) is 82.7 cm³/mol. The number of aromatic nitrogens is 1. The maximum Gasteiger partial charge on any atom is 0.268 e. The minimum Gasteiger partial charge on any atom is -0.310 e. The topological polar surface area (TPSA) is 83.2 Å². The fraction of sp³-hybridized carbons (Fsp3) is 0.200. The van der Waals surface area contributed by atoms with Crippen molar-refractivity contribution in [1.82, 2.24) is 8.87 Å². The smallest absolute Gasteiger partial charge is 0.268 e. The molecule has 0 radical (unpaired) electrons. The van der Waals surface area contributed by atoms with Crippen LogP contribution in [0.5, 0.6) is 0 Å². The second kappa shape index (κ2) is 5.75. The molecule has 1 aromatic carbocycles. The lowest BCUT2D eigenvalue weighted by molar-refractivity contribution is 0.521. The Kier molecular flexibility index (Phi) is 4.17. The summed E-state index contributed by atoms with van der Waals surface area (Å²) in [5.41, 5.74) is 0.989. The van der Waals surface area contributed by atoms with E-state index in [2.05, 4.69) is 0 Å². The molecule has 0 atom stereocenters. The van der Waals surface area contributed by atoms with Crippen LogP contribution in [0.3, 0.4) is 0 Å². The predicted octanol–water partition coefficient (Wildman–Crippen LogP) is 1.17. The Bertz CT molecular complexity index is 905. The monoisotopic (exact) mass is 317 g/mol. The fourth-order valence-electron chi connectivity index (χ4n) is 2.02. The van der Waals surface area contributed by atoms with E-state index in [1.807, 2.05) is 6.07 Å². The molecule has 0 saturated heterocycles. The molecule has 0 N–H and O–H groups in total. The van der Waals surface area contributed by atoms with Crippen molar-refractivity contribution in [1.29, 1.82) is 5.26 Å². The van der Waals surface area contributed by atoms with Gasteiger partial charge >= 0.3 is 0 Å². The Morgan fingerprint density at radius 1 is 1.09 bits per heavy atom. The number of pyridine rings is 1. The maximum atomic E-state index is 12.0. The minimum absolute atomic E-state index is 0.0676. The molecule has 0 aliphatic carbocycles. The summed E-state index contributed by atoms with van der Waals surface area (Å²) in [4.78, 5) is 12.1. The Morgan fingerprint density at radius 2 is 1.68 bits per heavy atom. The molecule has 1 aromatic heterocycles. The van der Waals surface area contributed by atoms with Crippen molar-refractivity contribution in [2.45, 2.75) is 4.90 Å². The van der Waals surface area contributed by atoms with E-state index in [0.717, 1.165) is 4.31 Å². The van der Waals surface area contributed by atoms with Crippen molar-refractivity contribution in [3.8, 4) is 17.3 Å². The first-order valence-corrected chi connectivity index (χ1v) is 7.86. The van der Waals surface area contributed by atoms with E-state index in [1.54, 1.807) is 25.2 Å². The van der Waals surface area contributed by atoms with Crippen molar-refractivity contribution in [3.05, 3.63) is 52.3 Å². The summed E-state index contributed by atoms with van der Waals surface area (Å²) in [5, 5.41) is 8.85. The molecule has 0 spiro atoms. The highest BCUT2D eigenvalue weighted by Gasteiger charge is 2.17. The molecule has 0 fully saturated rings. The SMILES string of the molecule is CN(C)S(=O)(=O)c1ccc(-c2ccc(C#N)c(=O)n2C)cc1. The van der Waals surface area contributed by atoms with Crippen molar-refractivity contribution in [2.75, 3.05) is 14.1 Å². The summed E-state index contributed by atoms with van der Waals surface area (Å²) in [6.45, 7) is 0. The van der Waals surface area contributed by atoms with Crippen LogP contribution in [0.4, 0.5) is 0 Å². The molecular formula is C15H15N3O3S. The van der Waals surface area contributed by atoms with E-state index in [9.17, 15) is 13.2 Å². The van der Waals surface area contributed by atoms with E-state index in [4.69, 9.17) is 5.26 Å². The highest BCUT2D eigenvalue weighted by molar-refractivity contribution is 7.89. The van der Waals surface area contributed by atoms with Crippen LogP contribution in [0, 0.1) is 11.3 Å². The van der Waals surface area contributed by atoms with Gasteiger partial charge < -0.3 is 4.57 Å². The van der Waals surface area contributed by atoms with Gasteiger partial charge in [-0.3, -0.25) is 4.79 Å². The molecule has 0 aliphatic heterocycles. The number of nitrogens with zero attached hydrogens (tertiary/aromatic N) is 3. The summed E-state index contributed by atoms with van der Waals surface area (Å²) in [6, 6.07) is 11.2. The van der Waals surface area contributed by atoms with E-state index >= 15 is 0 Å². The third-order valence-electron chi connectivity index (χ3n) is 3.35. The summed E-state index contributed by atoms with van der Waals surface area (Å²) >= 11 is 0. The average Bonchev–Trinajstić information content (AvgIpc) is 2.50. The van der Waals surface area contributed by atoms with Crippen LogP contribution in [0.2, 0.25) is 0 Å². The normalized spacial score (nSPS) is 11.4. The van der Waals surface area contributed by atoms with Gasteiger partial charge in [0.05, 0.1) is 10.6 Å². The third kappa shape index (κ3) is 2.66. The summed E-state index contributed by atoms with van der Waals surface area (Å²) < 4.78 is 26.5. The van der Waals surface area contributed by atoms with Crippen molar-refractivity contribution < 1.29 is 8.42 Å². The Morgan fingerprint density at radius 3 is 2.18 bits per heavy atom. The quantitative estimate of drug-likeness (QED) is 0.851. The molecule has 22 heavy (non-hydrogen) atoms. The Labute approximate surface area is 128 Å². The second-order valence-electron chi connectivity index (χ2n) is 4.92. The number of hydrogen-bond acceptors (Lipinski definition) is 4. The summed E-state index contributed by atoms with van der Waals surface area (Å²) in [6.07, 6.45) is 0. The van der Waals surface area contributed by atoms with Crippen molar-refractivity contribution in [2.24, 2.45) is 7.05 Å². The zero-order valence-corrected chi connectivity index (χ0v) is 13.3. The maximum absolute atomic E-state index is 12.0. The van der Waals surface area contributed by atoms with Gasteiger partial charge in [0.1, 0.15) is 11.6 Å². The van der Waals surface area contributed by atoms with Crippen LogP contribution in [0.1, 0.15) is 5.56 Å². The first kappa shape index (κ1) is 15.9. The molecule has 2 rings (SSSR count). The van der Waals surface area contributed by atoms with Gasteiger partial charge in [0.25, 0.3) is 5.56 Å². The largest absolute Gasteiger partial charge is 0.310 e. The molecular weight excluding hydrogens is 302 g/mol. The lowest BCUT2D eigenvalue weighted by atomic mass is 10.1. The molecule has 6 nitrogen and oxygen atoms in total. The number of sulfonamides is 1. The number of nitriles is 1. The molecule has 1 heterocycles. The van der Waals surface area contributed by atoms with Crippen molar-refractivity contribution in [3.63, 3.8) is 0 Å². The first-order valence-electron chi connectivity index (χ1n) is 6.42. The zero-order valence-electron chi connectivity index (χ0n) is 12.4. The summed E-state index contributed by atoms with van der Waals surface area (Å²) in [7, 11) is 1.02. The van der Waals surface area contributed by atoms with Gasteiger partial charge in [-0.05, 0) is 29.8 Å². The lowest BCUT2D eigenvalue weighted by Crippen LogP contribution is -2.22.